The van der Waals surface area contributed by atoms with E-state index in [1.54, 1.807) is 24.3 Å². The number of halogens is 8. The van der Waals surface area contributed by atoms with E-state index < -0.39 is 35.8 Å². The minimum atomic E-state index is -5.98. The number of aryl methyl sites for hydroxylation is 3. The van der Waals surface area contributed by atoms with E-state index >= 15 is 0 Å². The van der Waals surface area contributed by atoms with Gasteiger partial charge in [-0.1, -0.05) is 61.9 Å². The van der Waals surface area contributed by atoms with Crippen molar-refractivity contribution in [2.24, 2.45) is 0 Å². The first-order valence-corrected chi connectivity index (χ1v) is 10.8. The molecule has 0 N–H and O–H groups in total. The van der Waals surface area contributed by atoms with E-state index in [0.717, 1.165) is 30.4 Å². The van der Waals surface area contributed by atoms with E-state index in [2.05, 4.69) is 35.9 Å². The second kappa shape index (κ2) is 10.7. The molecule has 0 spiro atoms. The van der Waals surface area contributed by atoms with Crippen molar-refractivity contribution in [1.29, 1.82) is 0 Å². The predicted octanol–water partition coefficient (Wildman–Crippen LogP) is 8.24. The number of benzene rings is 3. The highest BCUT2D eigenvalue weighted by Gasteiger charge is 2.59. The number of hydrogen-bond acceptors (Lipinski definition) is 1. The van der Waals surface area contributed by atoms with Crippen LogP contribution in [0, 0.1) is 11.6 Å². The van der Waals surface area contributed by atoms with Crippen LogP contribution in [-0.4, -0.2) is 18.5 Å². The Hall–Kier alpha value is -3.10. The van der Waals surface area contributed by atoms with Crippen molar-refractivity contribution in [1.82, 2.24) is 0 Å². The van der Waals surface area contributed by atoms with Gasteiger partial charge in [-0.2, -0.15) is 22.0 Å². The van der Waals surface area contributed by atoms with Crippen molar-refractivity contribution in [2.45, 2.75) is 51.1 Å². The number of hydrogen-bond donors (Lipinski definition) is 0. The highest BCUT2D eigenvalue weighted by molar-refractivity contribution is 5.65. The summed E-state index contributed by atoms with van der Waals surface area (Å²) in [5.74, 6) is -5.18. The lowest BCUT2D eigenvalue weighted by molar-refractivity contribution is -0.306. The topological polar surface area (TPSA) is 9.23 Å². The van der Waals surface area contributed by atoms with Crippen LogP contribution in [-0.2, 0) is 19.3 Å². The second-order valence-electron chi connectivity index (χ2n) is 8.10. The summed E-state index contributed by atoms with van der Waals surface area (Å²) in [7, 11) is 0. The van der Waals surface area contributed by atoms with Crippen molar-refractivity contribution >= 4 is 0 Å². The van der Waals surface area contributed by atoms with E-state index in [4.69, 9.17) is 0 Å². The van der Waals surface area contributed by atoms with Gasteiger partial charge in [-0.05, 0) is 59.2 Å². The first-order chi connectivity index (χ1) is 16.4. The van der Waals surface area contributed by atoms with Crippen LogP contribution in [0.4, 0.5) is 35.1 Å². The Morgan fingerprint density at radius 2 is 1.11 bits per heavy atom. The van der Waals surface area contributed by atoms with Gasteiger partial charge in [0.1, 0.15) is 0 Å². The van der Waals surface area contributed by atoms with Crippen LogP contribution in [0.5, 0.6) is 5.75 Å². The fourth-order valence-electron chi connectivity index (χ4n) is 3.52. The molecule has 1 unspecified atom stereocenters. The third-order valence-corrected chi connectivity index (χ3v) is 5.37. The summed E-state index contributed by atoms with van der Waals surface area (Å²) in [4.78, 5) is 0. The zero-order valence-corrected chi connectivity index (χ0v) is 18.6. The molecule has 188 valence electrons. The van der Waals surface area contributed by atoms with E-state index in [-0.39, 0.29) is 5.56 Å². The fourth-order valence-corrected chi connectivity index (χ4v) is 3.52. The van der Waals surface area contributed by atoms with Gasteiger partial charge in [0.05, 0.1) is 0 Å². The molecule has 0 amide bonds. The lowest BCUT2D eigenvalue weighted by atomic mass is 9.99. The Bertz CT molecular complexity index is 1100. The van der Waals surface area contributed by atoms with Crippen LogP contribution >= 0.6 is 0 Å². The molecule has 3 aromatic carbocycles. The van der Waals surface area contributed by atoms with Crippen LogP contribution in [0.3, 0.4) is 0 Å². The quantitative estimate of drug-likeness (QED) is 0.268. The summed E-state index contributed by atoms with van der Waals surface area (Å²) < 4.78 is 109. The van der Waals surface area contributed by atoms with Gasteiger partial charge in [0.25, 0.3) is 6.17 Å². The summed E-state index contributed by atoms with van der Waals surface area (Å²) >= 11 is 0. The molecule has 0 aromatic heterocycles. The first kappa shape index (κ1) is 26.5. The van der Waals surface area contributed by atoms with Crippen molar-refractivity contribution < 1.29 is 39.9 Å². The van der Waals surface area contributed by atoms with Crippen LogP contribution in [0.1, 0.15) is 30.0 Å². The molecule has 0 saturated heterocycles. The fraction of sp³-hybridized carbons (Fsp3) is 0.308. The minimum absolute atomic E-state index is 0.0543. The SMILES string of the molecule is CCCc1ccc(CCc2ccc(-c3cc(F)c(OC(F)(F)C(F)C(F)(F)F)c(F)c3)cc2)cc1. The van der Waals surface area contributed by atoms with Crippen LogP contribution in [0.25, 0.3) is 11.1 Å². The Balaban J connectivity index is 1.70. The minimum Gasteiger partial charge on any atom is -0.424 e. The normalized spacial score (nSPS) is 13.1. The molecule has 0 aliphatic carbocycles. The monoisotopic (exact) mass is 502 g/mol. The summed E-state index contributed by atoms with van der Waals surface area (Å²) in [6.07, 6.45) is -12.7. The maximum Gasteiger partial charge on any atom is 0.439 e. The molecule has 0 aliphatic heterocycles. The molecule has 0 heterocycles. The molecule has 1 nitrogen and oxygen atoms in total. The van der Waals surface area contributed by atoms with Crippen molar-refractivity contribution in [3.63, 3.8) is 0 Å². The average molecular weight is 502 g/mol. The van der Waals surface area contributed by atoms with E-state index in [1.165, 1.54) is 5.56 Å². The molecule has 0 saturated carbocycles. The van der Waals surface area contributed by atoms with E-state index in [0.29, 0.717) is 24.1 Å². The Labute approximate surface area is 197 Å². The van der Waals surface area contributed by atoms with Gasteiger partial charge in [0.15, 0.2) is 17.4 Å². The van der Waals surface area contributed by atoms with Gasteiger partial charge in [-0.25, -0.2) is 13.2 Å². The molecular formula is C26H22F8O. The maximum absolute atomic E-state index is 14.2. The molecule has 0 bridgehead atoms. The Kier molecular flexibility index (Phi) is 8.07. The predicted molar refractivity (Wildman–Crippen MR) is 116 cm³/mol. The molecule has 0 aliphatic rings. The number of ether oxygens (including phenoxy) is 1. The van der Waals surface area contributed by atoms with Gasteiger partial charge in [-0.3, -0.25) is 0 Å². The summed E-state index contributed by atoms with van der Waals surface area (Å²) in [5.41, 5.74) is 3.67. The molecule has 35 heavy (non-hydrogen) atoms. The molecule has 1 atom stereocenters. The molecule has 9 heteroatoms. The highest BCUT2D eigenvalue weighted by atomic mass is 19.4. The van der Waals surface area contributed by atoms with E-state index in [9.17, 15) is 35.1 Å². The smallest absolute Gasteiger partial charge is 0.424 e. The summed E-state index contributed by atoms with van der Waals surface area (Å²) in [6.45, 7) is 2.11. The van der Waals surface area contributed by atoms with Crippen molar-refractivity contribution in [2.75, 3.05) is 0 Å². The largest absolute Gasteiger partial charge is 0.439 e. The van der Waals surface area contributed by atoms with Gasteiger partial charge in [0.2, 0.25) is 0 Å². The lowest BCUT2D eigenvalue weighted by Crippen LogP contribution is -2.46. The van der Waals surface area contributed by atoms with Crippen LogP contribution in [0.15, 0.2) is 60.7 Å². The molecule has 3 aromatic rings. The van der Waals surface area contributed by atoms with Gasteiger partial charge in [-0.15, -0.1) is 0 Å². The Morgan fingerprint density at radius 1 is 0.686 bits per heavy atom. The average Bonchev–Trinajstić information content (AvgIpc) is 2.80. The van der Waals surface area contributed by atoms with Crippen molar-refractivity contribution in [3.05, 3.63) is 89.0 Å². The maximum atomic E-state index is 14.2. The van der Waals surface area contributed by atoms with Crippen LogP contribution in [0.2, 0.25) is 0 Å². The number of rotatable bonds is 9. The first-order valence-electron chi connectivity index (χ1n) is 10.8. The second-order valence-corrected chi connectivity index (χ2v) is 8.10. The van der Waals surface area contributed by atoms with Gasteiger partial charge in [0, 0.05) is 0 Å². The van der Waals surface area contributed by atoms with Crippen LogP contribution < -0.4 is 4.74 Å². The number of alkyl halides is 6. The van der Waals surface area contributed by atoms with Gasteiger partial charge < -0.3 is 4.74 Å². The lowest BCUT2D eigenvalue weighted by Gasteiger charge is -2.23. The zero-order chi connectivity index (χ0) is 25.8. The molecular weight excluding hydrogens is 480 g/mol. The zero-order valence-electron chi connectivity index (χ0n) is 18.6. The van der Waals surface area contributed by atoms with E-state index in [1.807, 2.05) is 0 Å². The molecule has 0 radical (unpaired) electrons. The third-order valence-electron chi connectivity index (χ3n) is 5.37. The highest BCUT2D eigenvalue weighted by Crippen LogP contribution is 2.39. The summed E-state index contributed by atoms with van der Waals surface area (Å²) in [5, 5.41) is 0. The third kappa shape index (κ3) is 6.74. The Morgan fingerprint density at radius 3 is 1.54 bits per heavy atom. The standard InChI is InChI=1S/C26H22F8O/c1-2-3-16-4-6-17(7-5-16)8-9-18-10-12-19(13-11-18)20-14-21(27)23(22(28)15-20)35-26(33,34)24(29)25(30,31)32/h4-7,10-15,24H,2-3,8-9H2,1H3. The summed E-state index contributed by atoms with van der Waals surface area (Å²) in [6, 6.07) is 16.2. The van der Waals surface area contributed by atoms with Gasteiger partial charge >= 0.3 is 12.3 Å². The molecule has 0 fully saturated rings. The molecule has 3 rings (SSSR count). The van der Waals surface area contributed by atoms with Crippen molar-refractivity contribution in [3.8, 4) is 16.9 Å².